The predicted octanol–water partition coefficient (Wildman–Crippen LogP) is 1.97. The van der Waals surface area contributed by atoms with Crippen LogP contribution in [-0.4, -0.2) is 42.5 Å². The second kappa shape index (κ2) is 7.40. The van der Waals surface area contributed by atoms with E-state index in [0.717, 1.165) is 5.56 Å². The summed E-state index contributed by atoms with van der Waals surface area (Å²) in [6, 6.07) is 11.5. The van der Waals surface area contributed by atoms with Gasteiger partial charge in [0, 0.05) is 31.3 Å². The van der Waals surface area contributed by atoms with Crippen LogP contribution >= 0.6 is 0 Å². The Hall–Kier alpha value is -3.13. The fourth-order valence-electron chi connectivity index (χ4n) is 3.22. The maximum Gasteiger partial charge on any atom is 0.292 e. The van der Waals surface area contributed by atoms with Gasteiger partial charge in [-0.15, -0.1) is 0 Å². The minimum Gasteiger partial charge on any atom is -0.496 e. The molecule has 8 nitrogen and oxygen atoms in total. The van der Waals surface area contributed by atoms with Crippen molar-refractivity contribution in [2.45, 2.75) is 6.04 Å². The molecule has 2 aromatic rings. The largest absolute Gasteiger partial charge is 0.496 e. The van der Waals surface area contributed by atoms with Crippen molar-refractivity contribution in [3.05, 3.63) is 63.7 Å². The summed E-state index contributed by atoms with van der Waals surface area (Å²) in [4.78, 5) is 25.4. The van der Waals surface area contributed by atoms with E-state index in [9.17, 15) is 14.9 Å². The second-order valence-corrected chi connectivity index (χ2v) is 5.96. The Labute approximate surface area is 150 Å². The van der Waals surface area contributed by atoms with Gasteiger partial charge in [-0.3, -0.25) is 14.9 Å². The van der Waals surface area contributed by atoms with Crippen LogP contribution in [0.5, 0.6) is 5.75 Å². The molecule has 0 radical (unpaired) electrons. The van der Waals surface area contributed by atoms with Crippen LogP contribution in [0.25, 0.3) is 0 Å². The number of anilines is 1. The molecule has 0 spiro atoms. The van der Waals surface area contributed by atoms with E-state index in [4.69, 9.17) is 10.5 Å². The number of carbonyl (C=O) groups excluding carboxylic acids is 1. The first-order valence-electron chi connectivity index (χ1n) is 8.22. The third-order valence-electron chi connectivity index (χ3n) is 4.51. The Bertz CT molecular complexity index is 840. The highest BCUT2D eigenvalue weighted by atomic mass is 16.6. The summed E-state index contributed by atoms with van der Waals surface area (Å²) in [5, 5.41) is 14.4. The van der Waals surface area contributed by atoms with Crippen molar-refractivity contribution in [1.29, 1.82) is 0 Å². The molecule has 26 heavy (non-hydrogen) atoms. The molecule has 8 heteroatoms. The number of nitro groups is 1. The first kappa shape index (κ1) is 17.7. The monoisotopic (exact) mass is 356 g/mol. The third-order valence-corrected chi connectivity index (χ3v) is 4.51. The Balaban J connectivity index is 1.99. The zero-order valence-electron chi connectivity index (χ0n) is 14.3. The number of carbonyl (C=O) groups is 1. The standard InChI is InChI=1S/C18H20N4O4/c1-26-16-8-3-2-5-12(16)15-11-20-9-10-21(15)18(23)13-6-4-7-14(17(13)19)22(24)25/h2-8,15,20H,9-11,19H2,1H3. The zero-order valence-corrected chi connectivity index (χ0v) is 14.3. The number of nitrogens with two attached hydrogens (primary N) is 1. The molecule has 3 N–H and O–H groups in total. The van der Waals surface area contributed by atoms with Crippen LogP contribution in [0.15, 0.2) is 42.5 Å². The second-order valence-electron chi connectivity index (χ2n) is 5.96. The number of nitrogens with zero attached hydrogens (tertiary/aromatic N) is 2. The van der Waals surface area contributed by atoms with Gasteiger partial charge in [0.15, 0.2) is 0 Å². The zero-order chi connectivity index (χ0) is 18.7. The smallest absolute Gasteiger partial charge is 0.292 e. The molecule has 0 bridgehead atoms. The van der Waals surface area contributed by atoms with Crippen LogP contribution in [0.2, 0.25) is 0 Å². The van der Waals surface area contributed by atoms with E-state index >= 15 is 0 Å². The van der Waals surface area contributed by atoms with Gasteiger partial charge in [-0.1, -0.05) is 24.3 Å². The lowest BCUT2D eigenvalue weighted by Gasteiger charge is -2.37. The fourth-order valence-corrected chi connectivity index (χ4v) is 3.22. The van der Waals surface area contributed by atoms with E-state index in [1.54, 1.807) is 12.0 Å². The van der Waals surface area contributed by atoms with Crippen molar-refractivity contribution >= 4 is 17.3 Å². The summed E-state index contributed by atoms with van der Waals surface area (Å²) in [5.41, 5.74) is 6.54. The number of nitro benzene ring substituents is 1. The van der Waals surface area contributed by atoms with E-state index in [1.807, 2.05) is 24.3 Å². The van der Waals surface area contributed by atoms with E-state index < -0.39 is 4.92 Å². The van der Waals surface area contributed by atoms with Crippen LogP contribution in [-0.2, 0) is 0 Å². The van der Waals surface area contributed by atoms with Crippen LogP contribution in [0.1, 0.15) is 22.0 Å². The first-order valence-corrected chi connectivity index (χ1v) is 8.22. The Morgan fingerprint density at radius 1 is 1.31 bits per heavy atom. The lowest BCUT2D eigenvalue weighted by molar-refractivity contribution is -0.383. The Kier molecular flexibility index (Phi) is 5.04. The van der Waals surface area contributed by atoms with E-state index in [2.05, 4.69) is 5.32 Å². The SMILES string of the molecule is COc1ccccc1C1CNCCN1C(=O)c1cccc([N+](=O)[O-])c1N. The molecule has 2 aromatic carbocycles. The van der Waals surface area contributed by atoms with Gasteiger partial charge in [-0.2, -0.15) is 0 Å². The van der Waals surface area contributed by atoms with Gasteiger partial charge in [0.25, 0.3) is 11.6 Å². The highest BCUT2D eigenvalue weighted by Crippen LogP contribution is 2.33. The van der Waals surface area contributed by atoms with Gasteiger partial charge in [-0.05, 0) is 12.1 Å². The number of piperazine rings is 1. The van der Waals surface area contributed by atoms with Gasteiger partial charge < -0.3 is 20.7 Å². The van der Waals surface area contributed by atoms with Gasteiger partial charge in [-0.25, -0.2) is 0 Å². The molecule has 1 amide bonds. The summed E-state index contributed by atoms with van der Waals surface area (Å²) in [6.45, 7) is 1.65. The summed E-state index contributed by atoms with van der Waals surface area (Å²) in [5.74, 6) is 0.356. The van der Waals surface area contributed by atoms with Gasteiger partial charge in [0.1, 0.15) is 11.4 Å². The van der Waals surface area contributed by atoms with Crippen molar-refractivity contribution in [1.82, 2.24) is 10.2 Å². The predicted molar refractivity (Wildman–Crippen MR) is 97.2 cm³/mol. The molecule has 1 fully saturated rings. The van der Waals surface area contributed by atoms with E-state index in [0.29, 0.717) is 25.4 Å². The number of hydrogen-bond acceptors (Lipinski definition) is 6. The highest BCUT2D eigenvalue weighted by molar-refractivity contribution is 6.01. The summed E-state index contributed by atoms with van der Waals surface area (Å²) in [7, 11) is 1.58. The summed E-state index contributed by atoms with van der Waals surface area (Å²) >= 11 is 0. The minimum atomic E-state index is -0.582. The molecule has 3 rings (SSSR count). The number of para-hydroxylation sites is 2. The Morgan fingerprint density at radius 3 is 2.81 bits per heavy atom. The molecule has 136 valence electrons. The summed E-state index contributed by atoms with van der Waals surface area (Å²) < 4.78 is 5.43. The Morgan fingerprint density at radius 2 is 2.08 bits per heavy atom. The van der Waals surface area contributed by atoms with Crippen molar-refractivity contribution in [2.24, 2.45) is 0 Å². The average Bonchev–Trinajstić information content (AvgIpc) is 2.67. The maximum absolute atomic E-state index is 13.1. The van der Waals surface area contributed by atoms with Crippen LogP contribution < -0.4 is 15.8 Å². The number of nitrogens with one attached hydrogen (secondary N) is 1. The van der Waals surface area contributed by atoms with E-state index in [-0.39, 0.29) is 28.9 Å². The topological polar surface area (TPSA) is 111 Å². The molecule has 1 unspecified atom stereocenters. The number of ether oxygens (including phenoxy) is 1. The molecule has 0 aromatic heterocycles. The molecule has 1 saturated heterocycles. The number of nitrogen functional groups attached to an aromatic ring is 1. The van der Waals surface area contributed by atoms with Crippen LogP contribution in [0.4, 0.5) is 11.4 Å². The highest BCUT2D eigenvalue weighted by Gasteiger charge is 2.32. The fraction of sp³-hybridized carbons (Fsp3) is 0.278. The van der Waals surface area contributed by atoms with E-state index in [1.165, 1.54) is 18.2 Å². The quantitative estimate of drug-likeness (QED) is 0.492. The molecular weight excluding hydrogens is 336 g/mol. The molecule has 1 atom stereocenters. The number of benzene rings is 2. The van der Waals surface area contributed by atoms with Gasteiger partial charge >= 0.3 is 0 Å². The van der Waals surface area contributed by atoms with Crippen molar-refractivity contribution in [2.75, 3.05) is 32.5 Å². The van der Waals surface area contributed by atoms with Crippen LogP contribution in [0.3, 0.4) is 0 Å². The number of hydrogen-bond donors (Lipinski definition) is 2. The molecule has 1 aliphatic heterocycles. The maximum atomic E-state index is 13.1. The first-order chi connectivity index (χ1) is 12.5. The lowest BCUT2D eigenvalue weighted by atomic mass is 10.00. The average molecular weight is 356 g/mol. The number of methoxy groups -OCH3 is 1. The number of amides is 1. The third kappa shape index (κ3) is 3.18. The van der Waals surface area contributed by atoms with Gasteiger partial charge in [0.05, 0.1) is 23.6 Å². The molecular formula is C18H20N4O4. The lowest BCUT2D eigenvalue weighted by Crippen LogP contribution is -2.48. The normalized spacial score (nSPS) is 17.0. The van der Waals surface area contributed by atoms with Crippen molar-refractivity contribution < 1.29 is 14.5 Å². The number of rotatable bonds is 4. The molecule has 1 heterocycles. The van der Waals surface area contributed by atoms with Gasteiger partial charge in [0.2, 0.25) is 0 Å². The van der Waals surface area contributed by atoms with Crippen molar-refractivity contribution in [3.63, 3.8) is 0 Å². The molecule has 0 saturated carbocycles. The minimum absolute atomic E-state index is 0.111. The van der Waals surface area contributed by atoms with Crippen molar-refractivity contribution in [3.8, 4) is 5.75 Å². The molecule has 0 aliphatic carbocycles. The summed E-state index contributed by atoms with van der Waals surface area (Å²) in [6.07, 6.45) is 0. The van der Waals surface area contributed by atoms with Crippen LogP contribution in [0, 0.1) is 10.1 Å². The molecule has 1 aliphatic rings.